The number of benzene rings is 1. The van der Waals surface area contributed by atoms with Crippen LogP contribution in [0, 0.1) is 6.92 Å². The van der Waals surface area contributed by atoms with Gasteiger partial charge in [0.2, 0.25) is 0 Å². The molecule has 0 amide bonds. The zero-order valence-corrected chi connectivity index (χ0v) is 8.95. The zero-order valence-electron chi connectivity index (χ0n) is 8.95. The fraction of sp³-hybridized carbons (Fsp3) is 0.250. The molecule has 0 spiro atoms. The molecule has 0 fully saturated rings. The number of carbonyl (C=O) groups excluding carboxylic acids is 1. The summed E-state index contributed by atoms with van der Waals surface area (Å²) in [4.78, 5) is 11.1. The van der Waals surface area contributed by atoms with Crippen LogP contribution in [0.4, 0.5) is 0 Å². The maximum absolute atomic E-state index is 11.1. The first-order chi connectivity index (χ1) is 7.15. The molecule has 0 aliphatic heterocycles. The number of esters is 1. The number of methoxy groups -OCH3 is 1. The van der Waals surface area contributed by atoms with Crippen molar-refractivity contribution in [1.29, 1.82) is 0 Å². The van der Waals surface area contributed by atoms with E-state index < -0.39 is 0 Å². The zero-order chi connectivity index (χ0) is 11.3. The maximum atomic E-state index is 11.1. The quantitative estimate of drug-likeness (QED) is 0.559. The van der Waals surface area contributed by atoms with Gasteiger partial charge in [-0.25, -0.2) is 0 Å². The Morgan fingerprint density at radius 2 is 2.20 bits per heavy atom. The molecule has 3 heteroatoms. The van der Waals surface area contributed by atoms with E-state index in [9.17, 15) is 4.79 Å². The minimum Gasteiger partial charge on any atom is -0.469 e. The Hall–Kier alpha value is -1.77. The normalized spacial score (nSPS) is 9.47. The lowest BCUT2D eigenvalue weighted by Gasteiger charge is -2.05. The van der Waals surface area contributed by atoms with E-state index in [0.29, 0.717) is 5.75 Å². The third-order valence-electron chi connectivity index (χ3n) is 1.91. The van der Waals surface area contributed by atoms with Crippen LogP contribution in [0.15, 0.2) is 31.0 Å². The Morgan fingerprint density at radius 3 is 2.80 bits per heavy atom. The average molecular weight is 206 g/mol. The third-order valence-corrected chi connectivity index (χ3v) is 1.91. The van der Waals surface area contributed by atoms with Gasteiger partial charge in [-0.1, -0.05) is 12.6 Å². The van der Waals surface area contributed by atoms with Gasteiger partial charge in [-0.15, -0.1) is 0 Å². The highest BCUT2D eigenvalue weighted by Crippen LogP contribution is 2.17. The average Bonchev–Trinajstić information content (AvgIpc) is 2.17. The fourth-order valence-corrected chi connectivity index (χ4v) is 1.33. The molecule has 0 radical (unpaired) electrons. The maximum Gasteiger partial charge on any atom is 0.309 e. The second kappa shape index (κ2) is 5.20. The van der Waals surface area contributed by atoms with Gasteiger partial charge in [-0.2, -0.15) is 0 Å². The lowest BCUT2D eigenvalue weighted by Crippen LogP contribution is -2.04. The van der Waals surface area contributed by atoms with E-state index >= 15 is 0 Å². The van der Waals surface area contributed by atoms with Gasteiger partial charge in [-0.3, -0.25) is 4.79 Å². The lowest BCUT2D eigenvalue weighted by molar-refractivity contribution is -0.139. The van der Waals surface area contributed by atoms with Crippen LogP contribution in [0.3, 0.4) is 0 Å². The van der Waals surface area contributed by atoms with Crippen molar-refractivity contribution in [3.8, 4) is 5.75 Å². The van der Waals surface area contributed by atoms with Gasteiger partial charge in [-0.05, 0) is 30.2 Å². The predicted octanol–water partition coefficient (Wildman–Crippen LogP) is 2.23. The summed E-state index contributed by atoms with van der Waals surface area (Å²) in [5.74, 6) is 0.425. The molecular weight excluding hydrogens is 192 g/mol. The minimum atomic E-state index is -0.259. The lowest BCUT2D eigenvalue weighted by atomic mass is 10.1. The van der Waals surface area contributed by atoms with Gasteiger partial charge in [0.1, 0.15) is 5.75 Å². The molecule has 0 heterocycles. The molecule has 0 aromatic heterocycles. The van der Waals surface area contributed by atoms with Crippen molar-refractivity contribution in [3.63, 3.8) is 0 Å². The first-order valence-electron chi connectivity index (χ1n) is 4.60. The first-order valence-corrected chi connectivity index (χ1v) is 4.60. The van der Waals surface area contributed by atoms with Crippen LogP contribution < -0.4 is 4.74 Å². The molecule has 15 heavy (non-hydrogen) atoms. The number of hydrogen-bond acceptors (Lipinski definition) is 3. The van der Waals surface area contributed by atoms with E-state index in [1.54, 1.807) is 6.07 Å². The summed E-state index contributed by atoms with van der Waals surface area (Å²) >= 11 is 0. The summed E-state index contributed by atoms with van der Waals surface area (Å²) in [6.45, 7) is 5.42. The Kier molecular flexibility index (Phi) is 3.92. The molecule has 0 unspecified atom stereocenters. The Balaban J connectivity index is 2.87. The molecule has 0 saturated carbocycles. The number of aryl methyl sites for hydroxylation is 1. The number of rotatable bonds is 4. The summed E-state index contributed by atoms with van der Waals surface area (Å²) in [5, 5.41) is 0. The molecule has 3 nitrogen and oxygen atoms in total. The standard InChI is InChI=1S/C12H14O3/c1-4-15-11-6-9(2)5-10(7-11)8-12(13)14-3/h4-7H,1,8H2,2-3H3. The van der Waals surface area contributed by atoms with Crippen molar-refractivity contribution in [3.05, 3.63) is 42.2 Å². The summed E-state index contributed by atoms with van der Waals surface area (Å²) in [6.07, 6.45) is 1.61. The smallest absolute Gasteiger partial charge is 0.309 e. The monoisotopic (exact) mass is 206 g/mol. The van der Waals surface area contributed by atoms with E-state index in [1.165, 1.54) is 13.4 Å². The van der Waals surface area contributed by atoms with Crippen molar-refractivity contribution in [2.75, 3.05) is 7.11 Å². The molecule has 0 atom stereocenters. The number of ether oxygens (including phenoxy) is 2. The summed E-state index contributed by atoms with van der Waals surface area (Å²) in [5.41, 5.74) is 1.91. The Labute approximate surface area is 89.3 Å². The van der Waals surface area contributed by atoms with Crippen LogP contribution in [0.25, 0.3) is 0 Å². The fourth-order valence-electron chi connectivity index (χ4n) is 1.33. The molecule has 0 N–H and O–H groups in total. The van der Waals surface area contributed by atoms with Crippen LogP contribution in [0.2, 0.25) is 0 Å². The van der Waals surface area contributed by atoms with Gasteiger partial charge in [0.25, 0.3) is 0 Å². The van der Waals surface area contributed by atoms with Crippen molar-refractivity contribution in [2.45, 2.75) is 13.3 Å². The molecule has 1 rings (SSSR count). The first kappa shape index (κ1) is 11.3. The van der Waals surface area contributed by atoms with Gasteiger partial charge in [0.15, 0.2) is 0 Å². The molecule has 0 aliphatic carbocycles. The highest BCUT2D eigenvalue weighted by atomic mass is 16.5. The van der Waals surface area contributed by atoms with Gasteiger partial charge < -0.3 is 9.47 Å². The summed E-state index contributed by atoms with van der Waals surface area (Å²) in [7, 11) is 1.37. The third kappa shape index (κ3) is 3.46. The van der Waals surface area contributed by atoms with E-state index in [4.69, 9.17) is 4.74 Å². The van der Waals surface area contributed by atoms with Crippen molar-refractivity contribution >= 4 is 5.97 Å². The minimum absolute atomic E-state index is 0.256. The molecule has 0 saturated heterocycles. The molecule has 1 aromatic rings. The highest BCUT2D eigenvalue weighted by molar-refractivity contribution is 5.72. The van der Waals surface area contributed by atoms with E-state index in [2.05, 4.69) is 11.3 Å². The van der Waals surface area contributed by atoms with Gasteiger partial charge in [0.05, 0.1) is 19.8 Å². The number of hydrogen-bond donors (Lipinski definition) is 0. The van der Waals surface area contributed by atoms with Gasteiger partial charge in [0, 0.05) is 0 Å². The number of carbonyl (C=O) groups is 1. The predicted molar refractivity (Wildman–Crippen MR) is 57.7 cm³/mol. The highest BCUT2D eigenvalue weighted by Gasteiger charge is 2.05. The van der Waals surface area contributed by atoms with Crippen molar-refractivity contribution in [2.24, 2.45) is 0 Å². The SMILES string of the molecule is C=COc1cc(C)cc(CC(=O)OC)c1. The van der Waals surface area contributed by atoms with E-state index in [1.807, 2.05) is 19.1 Å². The van der Waals surface area contributed by atoms with E-state index in [0.717, 1.165) is 11.1 Å². The molecule has 0 aliphatic rings. The second-order valence-electron chi connectivity index (χ2n) is 3.19. The van der Waals surface area contributed by atoms with Crippen molar-refractivity contribution < 1.29 is 14.3 Å². The topological polar surface area (TPSA) is 35.5 Å². The van der Waals surface area contributed by atoms with Gasteiger partial charge >= 0.3 is 5.97 Å². The van der Waals surface area contributed by atoms with Crippen LogP contribution in [0.5, 0.6) is 5.75 Å². The second-order valence-corrected chi connectivity index (χ2v) is 3.19. The van der Waals surface area contributed by atoms with Crippen LogP contribution in [0.1, 0.15) is 11.1 Å². The summed E-state index contributed by atoms with van der Waals surface area (Å²) in [6, 6.07) is 5.60. The van der Waals surface area contributed by atoms with E-state index in [-0.39, 0.29) is 12.4 Å². The molecule has 80 valence electrons. The molecule has 0 bridgehead atoms. The van der Waals surface area contributed by atoms with Crippen LogP contribution in [-0.2, 0) is 16.0 Å². The summed E-state index contributed by atoms with van der Waals surface area (Å²) < 4.78 is 9.75. The van der Waals surface area contributed by atoms with Crippen molar-refractivity contribution in [1.82, 2.24) is 0 Å². The Morgan fingerprint density at radius 1 is 1.47 bits per heavy atom. The van der Waals surface area contributed by atoms with Crippen LogP contribution in [-0.4, -0.2) is 13.1 Å². The van der Waals surface area contributed by atoms with Crippen LogP contribution >= 0.6 is 0 Å². The molecule has 1 aromatic carbocycles. The largest absolute Gasteiger partial charge is 0.469 e. The molecular formula is C12H14O3. The Bertz CT molecular complexity index is 369.